The lowest BCUT2D eigenvalue weighted by molar-refractivity contribution is 0.0929. The van der Waals surface area contributed by atoms with Gasteiger partial charge in [-0.2, -0.15) is 4.98 Å². The third-order valence-corrected chi connectivity index (χ3v) is 2.41. The second-order valence-electron chi connectivity index (χ2n) is 3.79. The number of nitrogens with two attached hydrogens (primary N) is 1. The summed E-state index contributed by atoms with van der Waals surface area (Å²) in [6.45, 7) is 1.74. The highest BCUT2D eigenvalue weighted by atomic mass is 19.1. The Morgan fingerprint density at radius 1 is 1.56 bits per heavy atom. The van der Waals surface area contributed by atoms with Crippen LogP contribution < -0.4 is 11.1 Å². The summed E-state index contributed by atoms with van der Waals surface area (Å²) in [4.78, 5) is 15.4. The normalized spacial score (nSPS) is 12.1. The fourth-order valence-corrected chi connectivity index (χ4v) is 1.50. The zero-order valence-electron chi connectivity index (χ0n) is 9.64. The van der Waals surface area contributed by atoms with E-state index in [0.717, 1.165) is 0 Å². The third-order valence-electron chi connectivity index (χ3n) is 2.41. The zero-order chi connectivity index (χ0) is 13.1. The number of nitrogens with zero attached hydrogens (tertiary/aromatic N) is 2. The van der Waals surface area contributed by atoms with Crippen LogP contribution in [0, 0.1) is 5.82 Å². The summed E-state index contributed by atoms with van der Waals surface area (Å²) in [6, 6.07) is 5.66. The van der Waals surface area contributed by atoms with Crippen LogP contribution in [0.15, 0.2) is 24.3 Å². The fourth-order valence-electron chi connectivity index (χ4n) is 1.50. The number of nitrogen functional groups attached to an aromatic ring is 1. The number of benzene rings is 1. The van der Waals surface area contributed by atoms with Crippen LogP contribution in [-0.4, -0.2) is 21.1 Å². The molecular formula is C11H12FN5O. The van der Waals surface area contributed by atoms with Crippen LogP contribution in [0.3, 0.4) is 0 Å². The van der Waals surface area contributed by atoms with Crippen molar-refractivity contribution in [2.45, 2.75) is 13.0 Å². The Balaban J connectivity index is 2.07. The molecule has 0 bridgehead atoms. The highest BCUT2D eigenvalue weighted by Gasteiger charge is 2.14. The summed E-state index contributed by atoms with van der Waals surface area (Å²) in [5.41, 5.74) is 5.96. The highest BCUT2D eigenvalue weighted by molar-refractivity contribution is 5.90. The number of nitrogens with one attached hydrogen (secondary N) is 2. The van der Waals surface area contributed by atoms with E-state index in [0.29, 0.717) is 5.56 Å². The standard InChI is InChI=1S/C11H12FN5O/c1-6(7-3-2-4-8(12)5-7)14-10(18)9-15-11(13)17-16-9/h2-6H,1H3,(H,14,18)(H3,13,15,16,17). The van der Waals surface area contributed by atoms with Crippen LogP contribution in [0.5, 0.6) is 0 Å². The Morgan fingerprint density at radius 2 is 2.33 bits per heavy atom. The van der Waals surface area contributed by atoms with Crippen molar-refractivity contribution < 1.29 is 9.18 Å². The summed E-state index contributed by atoms with van der Waals surface area (Å²) in [7, 11) is 0. The van der Waals surface area contributed by atoms with Crippen LogP contribution in [0.25, 0.3) is 0 Å². The largest absolute Gasteiger partial charge is 0.366 e. The lowest BCUT2D eigenvalue weighted by Crippen LogP contribution is -2.27. The van der Waals surface area contributed by atoms with Gasteiger partial charge in [-0.25, -0.2) is 4.39 Å². The molecule has 1 aromatic heterocycles. The first kappa shape index (κ1) is 12.0. The van der Waals surface area contributed by atoms with E-state index in [4.69, 9.17) is 5.73 Å². The first-order valence-corrected chi connectivity index (χ1v) is 5.30. The quantitative estimate of drug-likeness (QED) is 0.756. The van der Waals surface area contributed by atoms with E-state index in [-0.39, 0.29) is 23.6 Å². The van der Waals surface area contributed by atoms with Crippen molar-refractivity contribution in [1.29, 1.82) is 0 Å². The summed E-state index contributed by atoms with van der Waals surface area (Å²) in [6.07, 6.45) is 0. The van der Waals surface area contributed by atoms with E-state index in [9.17, 15) is 9.18 Å². The molecule has 6 nitrogen and oxygen atoms in total. The minimum absolute atomic E-state index is 0.00133. The number of hydrogen-bond donors (Lipinski definition) is 3. The summed E-state index contributed by atoms with van der Waals surface area (Å²) in [5, 5.41) is 8.61. The maximum Gasteiger partial charge on any atom is 0.289 e. The lowest BCUT2D eigenvalue weighted by Gasteiger charge is -2.13. The summed E-state index contributed by atoms with van der Waals surface area (Å²) in [5.74, 6) is -0.775. The minimum atomic E-state index is -0.448. The molecule has 0 saturated heterocycles. The first-order valence-electron chi connectivity index (χ1n) is 5.30. The molecule has 18 heavy (non-hydrogen) atoms. The Kier molecular flexibility index (Phi) is 3.22. The smallest absolute Gasteiger partial charge is 0.289 e. The highest BCUT2D eigenvalue weighted by Crippen LogP contribution is 2.13. The van der Waals surface area contributed by atoms with E-state index in [1.54, 1.807) is 19.1 Å². The number of hydrogen-bond acceptors (Lipinski definition) is 4. The van der Waals surface area contributed by atoms with Gasteiger partial charge in [0.1, 0.15) is 5.82 Å². The van der Waals surface area contributed by atoms with Crippen molar-refractivity contribution in [3.05, 3.63) is 41.5 Å². The molecule has 0 saturated carbocycles. The maximum absolute atomic E-state index is 13.0. The number of carbonyl (C=O) groups is 1. The number of H-pyrrole nitrogens is 1. The van der Waals surface area contributed by atoms with Crippen molar-refractivity contribution in [3.8, 4) is 0 Å². The Labute approximate surface area is 102 Å². The second kappa shape index (κ2) is 4.82. The molecule has 0 fully saturated rings. The predicted octanol–water partition coefficient (Wildman–Crippen LogP) is 1.02. The van der Waals surface area contributed by atoms with E-state index < -0.39 is 5.91 Å². The molecule has 0 aliphatic rings. The number of halogens is 1. The third kappa shape index (κ3) is 2.62. The number of anilines is 1. The molecule has 2 aromatic rings. The lowest BCUT2D eigenvalue weighted by atomic mass is 10.1. The van der Waals surface area contributed by atoms with Crippen molar-refractivity contribution in [2.24, 2.45) is 0 Å². The number of rotatable bonds is 3. The fraction of sp³-hybridized carbons (Fsp3) is 0.182. The van der Waals surface area contributed by atoms with Crippen LogP contribution in [-0.2, 0) is 0 Å². The van der Waals surface area contributed by atoms with Crippen LogP contribution >= 0.6 is 0 Å². The molecule has 0 aliphatic carbocycles. The van der Waals surface area contributed by atoms with Crippen molar-refractivity contribution in [3.63, 3.8) is 0 Å². The Hall–Kier alpha value is -2.44. The molecule has 1 atom stereocenters. The molecule has 4 N–H and O–H groups in total. The molecule has 1 heterocycles. The first-order chi connectivity index (χ1) is 8.56. The minimum Gasteiger partial charge on any atom is -0.366 e. The molecule has 1 unspecified atom stereocenters. The van der Waals surface area contributed by atoms with Gasteiger partial charge in [0, 0.05) is 0 Å². The van der Waals surface area contributed by atoms with E-state index in [1.165, 1.54) is 12.1 Å². The number of aromatic nitrogens is 3. The summed E-state index contributed by atoms with van der Waals surface area (Å²) >= 11 is 0. The van der Waals surface area contributed by atoms with Gasteiger partial charge in [-0.15, -0.1) is 5.10 Å². The van der Waals surface area contributed by atoms with Gasteiger partial charge in [0.05, 0.1) is 6.04 Å². The molecule has 1 amide bonds. The average molecular weight is 249 g/mol. The molecule has 2 rings (SSSR count). The van der Waals surface area contributed by atoms with Gasteiger partial charge < -0.3 is 11.1 Å². The van der Waals surface area contributed by atoms with Gasteiger partial charge in [0.2, 0.25) is 11.8 Å². The Bertz CT molecular complexity index is 568. The maximum atomic E-state index is 13.0. The van der Waals surface area contributed by atoms with Gasteiger partial charge in [0.25, 0.3) is 5.91 Å². The molecule has 1 aromatic carbocycles. The molecule has 0 radical (unpaired) electrons. The van der Waals surface area contributed by atoms with Crippen LogP contribution in [0.2, 0.25) is 0 Å². The van der Waals surface area contributed by atoms with Gasteiger partial charge in [-0.3, -0.25) is 9.89 Å². The molecule has 0 spiro atoms. The Morgan fingerprint density at radius 3 is 2.94 bits per heavy atom. The van der Waals surface area contributed by atoms with Crippen LogP contribution in [0.4, 0.5) is 10.3 Å². The van der Waals surface area contributed by atoms with E-state index >= 15 is 0 Å². The summed E-state index contributed by atoms with van der Waals surface area (Å²) < 4.78 is 13.0. The van der Waals surface area contributed by atoms with E-state index in [1.807, 2.05) is 0 Å². The molecular weight excluding hydrogens is 237 g/mol. The average Bonchev–Trinajstić information content (AvgIpc) is 2.76. The van der Waals surface area contributed by atoms with Crippen LogP contribution in [0.1, 0.15) is 29.1 Å². The number of aromatic amines is 1. The van der Waals surface area contributed by atoms with E-state index in [2.05, 4.69) is 20.5 Å². The number of amides is 1. The zero-order valence-corrected chi connectivity index (χ0v) is 9.64. The van der Waals surface area contributed by atoms with Gasteiger partial charge in [0.15, 0.2) is 0 Å². The molecule has 7 heteroatoms. The SMILES string of the molecule is CC(NC(=O)c1nc(N)n[nH]1)c1cccc(F)c1. The monoisotopic (exact) mass is 249 g/mol. The second-order valence-corrected chi connectivity index (χ2v) is 3.79. The predicted molar refractivity (Wildman–Crippen MR) is 63.1 cm³/mol. The number of carbonyl (C=O) groups excluding carboxylic acids is 1. The topological polar surface area (TPSA) is 96.7 Å². The molecule has 0 aliphatic heterocycles. The van der Waals surface area contributed by atoms with Gasteiger partial charge in [-0.1, -0.05) is 12.1 Å². The van der Waals surface area contributed by atoms with Crippen molar-refractivity contribution in [1.82, 2.24) is 20.5 Å². The van der Waals surface area contributed by atoms with Crippen molar-refractivity contribution >= 4 is 11.9 Å². The van der Waals surface area contributed by atoms with Gasteiger partial charge in [-0.05, 0) is 24.6 Å². The van der Waals surface area contributed by atoms with Gasteiger partial charge >= 0.3 is 0 Å². The molecule has 94 valence electrons. The van der Waals surface area contributed by atoms with Crippen molar-refractivity contribution in [2.75, 3.05) is 5.73 Å².